The highest BCUT2D eigenvalue weighted by Gasteiger charge is 2.33. The molecule has 1 saturated heterocycles. The van der Waals surface area contributed by atoms with Crippen LogP contribution in [-0.4, -0.2) is 48.4 Å². The van der Waals surface area contributed by atoms with Crippen molar-refractivity contribution >= 4 is 15.7 Å². The summed E-state index contributed by atoms with van der Waals surface area (Å²) in [5, 5.41) is 0. The minimum atomic E-state index is -3.00. The second-order valence-corrected chi connectivity index (χ2v) is 8.70. The number of sulfone groups is 1. The molecule has 0 radical (unpaired) electrons. The predicted octanol–water partition coefficient (Wildman–Crippen LogP) is 2.35. The maximum absolute atomic E-state index is 12.6. The zero-order chi connectivity index (χ0) is 17.5. The van der Waals surface area contributed by atoms with Crippen LogP contribution in [0.4, 0.5) is 0 Å². The molecule has 0 aliphatic carbocycles. The number of amides is 1. The lowest BCUT2D eigenvalue weighted by atomic mass is 10.1. The maximum Gasteiger partial charge on any atom is 0.253 e. The van der Waals surface area contributed by atoms with Crippen molar-refractivity contribution in [3.8, 4) is 5.69 Å². The summed E-state index contributed by atoms with van der Waals surface area (Å²) in [5.74, 6) is 0.0970. The fourth-order valence-corrected chi connectivity index (χ4v) is 5.05. The van der Waals surface area contributed by atoms with Gasteiger partial charge in [-0.2, -0.15) is 0 Å². The Balaban J connectivity index is 1.79. The molecule has 2 heterocycles. The molecule has 1 amide bonds. The van der Waals surface area contributed by atoms with Gasteiger partial charge in [0.15, 0.2) is 9.84 Å². The average Bonchev–Trinajstić information content (AvgIpc) is 3.08. The molecular formula is C18H22N2O3S. The van der Waals surface area contributed by atoms with Gasteiger partial charge < -0.3 is 9.47 Å². The standard InChI is InChI=1S/C18H22N2O3S/c1-13-4-5-14(2)20(13)16-8-6-15(7-9-16)18(21)19(3)17-10-11-24(22,23)12-17/h4-9,17H,10-12H2,1-3H3/t17-/m1/s1. The summed E-state index contributed by atoms with van der Waals surface area (Å²) in [7, 11) is -1.32. The molecule has 1 atom stereocenters. The zero-order valence-electron chi connectivity index (χ0n) is 14.2. The monoisotopic (exact) mass is 346 g/mol. The molecule has 5 nitrogen and oxygen atoms in total. The fraction of sp³-hybridized carbons (Fsp3) is 0.389. The van der Waals surface area contributed by atoms with Crippen molar-refractivity contribution in [3.05, 3.63) is 53.3 Å². The fourth-order valence-electron chi connectivity index (χ4n) is 3.28. The molecule has 3 rings (SSSR count). The lowest BCUT2D eigenvalue weighted by Crippen LogP contribution is -2.37. The molecule has 0 bridgehead atoms. The Morgan fingerprint density at radius 3 is 2.17 bits per heavy atom. The van der Waals surface area contributed by atoms with Gasteiger partial charge in [0.25, 0.3) is 5.91 Å². The van der Waals surface area contributed by atoms with E-state index in [-0.39, 0.29) is 23.5 Å². The van der Waals surface area contributed by atoms with Gasteiger partial charge in [-0.1, -0.05) is 0 Å². The van der Waals surface area contributed by atoms with Crippen LogP contribution in [0.15, 0.2) is 36.4 Å². The van der Waals surface area contributed by atoms with E-state index in [4.69, 9.17) is 0 Å². The summed E-state index contributed by atoms with van der Waals surface area (Å²) in [5.41, 5.74) is 3.87. The van der Waals surface area contributed by atoms with Crippen molar-refractivity contribution in [2.75, 3.05) is 18.6 Å². The highest BCUT2D eigenvalue weighted by Crippen LogP contribution is 2.20. The smallest absolute Gasteiger partial charge is 0.253 e. The van der Waals surface area contributed by atoms with Crippen molar-refractivity contribution in [2.24, 2.45) is 0 Å². The second-order valence-electron chi connectivity index (χ2n) is 6.47. The van der Waals surface area contributed by atoms with E-state index in [2.05, 4.69) is 16.7 Å². The lowest BCUT2D eigenvalue weighted by Gasteiger charge is -2.23. The largest absolute Gasteiger partial charge is 0.338 e. The summed E-state index contributed by atoms with van der Waals surface area (Å²) in [4.78, 5) is 14.2. The molecule has 1 aromatic carbocycles. The topological polar surface area (TPSA) is 59.4 Å². The van der Waals surface area contributed by atoms with Crippen LogP contribution >= 0.6 is 0 Å². The number of carbonyl (C=O) groups is 1. The number of nitrogens with zero attached hydrogens (tertiary/aromatic N) is 2. The molecule has 0 N–H and O–H groups in total. The summed E-state index contributed by atoms with van der Waals surface area (Å²) >= 11 is 0. The molecule has 1 aliphatic heterocycles. The van der Waals surface area contributed by atoms with Gasteiger partial charge in [0.2, 0.25) is 0 Å². The molecule has 6 heteroatoms. The summed E-state index contributed by atoms with van der Waals surface area (Å²) in [6.07, 6.45) is 0.518. The third-order valence-corrected chi connectivity index (χ3v) is 6.47. The van der Waals surface area contributed by atoms with E-state index in [1.165, 1.54) is 0 Å². The van der Waals surface area contributed by atoms with Crippen molar-refractivity contribution < 1.29 is 13.2 Å². The number of hydrogen-bond acceptors (Lipinski definition) is 3. The van der Waals surface area contributed by atoms with E-state index < -0.39 is 9.84 Å². The Hall–Kier alpha value is -2.08. The molecule has 128 valence electrons. The summed E-state index contributed by atoms with van der Waals surface area (Å²) in [6.45, 7) is 4.08. The van der Waals surface area contributed by atoms with Crippen LogP contribution in [0.3, 0.4) is 0 Å². The van der Waals surface area contributed by atoms with Crippen LogP contribution in [0.25, 0.3) is 5.69 Å². The SMILES string of the molecule is Cc1ccc(C)n1-c1ccc(C(=O)N(C)[C@@H]2CCS(=O)(=O)C2)cc1. The molecular weight excluding hydrogens is 324 g/mol. The Morgan fingerprint density at radius 2 is 1.67 bits per heavy atom. The highest BCUT2D eigenvalue weighted by atomic mass is 32.2. The van der Waals surface area contributed by atoms with Crippen molar-refractivity contribution in [1.82, 2.24) is 9.47 Å². The van der Waals surface area contributed by atoms with Gasteiger partial charge >= 0.3 is 0 Å². The van der Waals surface area contributed by atoms with Crippen LogP contribution in [0.1, 0.15) is 28.2 Å². The van der Waals surface area contributed by atoms with Gasteiger partial charge in [0, 0.05) is 35.7 Å². The van der Waals surface area contributed by atoms with E-state index >= 15 is 0 Å². The molecule has 24 heavy (non-hydrogen) atoms. The Morgan fingerprint density at radius 1 is 1.08 bits per heavy atom. The molecule has 1 fully saturated rings. The first-order valence-electron chi connectivity index (χ1n) is 8.01. The first-order valence-corrected chi connectivity index (χ1v) is 9.83. The maximum atomic E-state index is 12.6. The number of hydrogen-bond donors (Lipinski definition) is 0. The van der Waals surface area contributed by atoms with E-state index in [0.29, 0.717) is 12.0 Å². The Labute approximate surface area is 142 Å². The quantitative estimate of drug-likeness (QED) is 0.857. The van der Waals surface area contributed by atoms with E-state index in [0.717, 1.165) is 17.1 Å². The minimum Gasteiger partial charge on any atom is -0.338 e. The third kappa shape index (κ3) is 3.11. The number of carbonyl (C=O) groups excluding carboxylic acids is 1. The second kappa shape index (κ2) is 6.09. The van der Waals surface area contributed by atoms with Crippen molar-refractivity contribution in [2.45, 2.75) is 26.3 Å². The molecule has 1 aliphatic rings. The van der Waals surface area contributed by atoms with Gasteiger partial charge in [-0.15, -0.1) is 0 Å². The molecule has 0 saturated carbocycles. The molecule has 0 spiro atoms. The molecule has 1 aromatic heterocycles. The number of aromatic nitrogens is 1. The number of aryl methyl sites for hydroxylation is 2. The summed E-state index contributed by atoms with van der Waals surface area (Å²) in [6, 6.07) is 11.3. The minimum absolute atomic E-state index is 0.0646. The first kappa shape index (κ1) is 16.8. The van der Waals surface area contributed by atoms with Crippen LogP contribution in [-0.2, 0) is 9.84 Å². The van der Waals surface area contributed by atoms with Crippen LogP contribution in [0.2, 0.25) is 0 Å². The molecule has 0 unspecified atom stereocenters. The zero-order valence-corrected chi connectivity index (χ0v) is 15.0. The van der Waals surface area contributed by atoms with Gasteiger partial charge in [-0.3, -0.25) is 4.79 Å². The van der Waals surface area contributed by atoms with E-state index in [1.807, 2.05) is 26.0 Å². The van der Waals surface area contributed by atoms with Gasteiger partial charge in [-0.25, -0.2) is 8.42 Å². The number of rotatable bonds is 3. The van der Waals surface area contributed by atoms with Crippen LogP contribution in [0.5, 0.6) is 0 Å². The van der Waals surface area contributed by atoms with Gasteiger partial charge in [0.05, 0.1) is 11.5 Å². The molecule has 2 aromatic rings. The van der Waals surface area contributed by atoms with Crippen molar-refractivity contribution in [1.29, 1.82) is 0 Å². The van der Waals surface area contributed by atoms with Crippen LogP contribution in [0, 0.1) is 13.8 Å². The summed E-state index contributed by atoms with van der Waals surface area (Å²) < 4.78 is 25.3. The number of benzene rings is 1. The Kier molecular flexibility index (Phi) is 4.25. The average molecular weight is 346 g/mol. The van der Waals surface area contributed by atoms with Gasteiger partial charge in [0.1, 0.15) is 0 Å². The third-order valence-electron chi connectivity index (χ3n) is 4.72. The van der Waals surface area contributed by atoms with Crippen molar-refractivity contribution in [3.63, 3.8) is 0 Å². The van der Waals surface area contributed by atoms with Gasteiger partial charge in [-0.05, 0) is 56.7 Å². The first-order chi connectivity index (χ1) is 11.3. The van der Waals surface area contributed by atoms with E-state index in [9.17, 15) is 13.2 Å². The predicted molar refractivity (Wildman–Crippen MR) is 94.4 cm³/mol. The van der Waals surface area contributed by atoms with Crippen LogP contribution < -0.4 is 0 Å². The lowest BCUT2D eigenvalue weighted by molar-refractivity contribution is 0.0747. The highest BCUT2D eigenvalue weighted by molar-refractivity contribution is 7.91. The normalized spacial score (nSPS) is 19.4. The Bertz CT molecular complexity index is 847. The van der Waals surface area contributed by atoms with E-state index in [1.54, 1.807) is 24.1 Å².